The second kappa shape index (κ2) is 7.60. The van der Waals surface area contributed by atoms with Crippen molar-refractivity contribution >= 4 is 33.4 Å². The third kappa shape index (κ3) is 4.45. The average molecular weight is 389 g/mol. The zero-order valence-corrected chi connectivity index (χ0v) is 14.4. The van der Waals surface area contributed by atoms with Crippen LogP contribution in [0.4, 0.5) is 0 Å². The number of hydrogen-bond donors (Lipinski definition) is 1. The number of ether oxygens (including phenoxy) is 1. The van der Waals surface area contributed by atoms with Gasteiger partial charge in [0.25, 0.3) is 0 Å². The number of carbonyl (C=O) groups excluding carboxylic acids is 1. The van der Waals surface area contributed by atoms with Crippen LogP contribution in [-0.2, 0) is 11.3 Å². The van der Waals surface area contributed by atoms with Gasteiger partial charge in [0, 0.05) is 10.9 Å². The van der Waals surface area contributed by atoms with E-state index >= 15 is 0 Å². The molecule has 1 aromatic heterocycles. The van der Waals surface area contributed by atoms with E-state index in [4.69, 9.17) is 20.9 Å². The topological polar surface area (TPSA) is 77.2 Å². The van der Waals surface area contributed by atoms with Gasteiger partial charge in [-0.05, 0) is 25.1 Å². The molecule has 0 spiro atoms. The van der Waals surface area contributed by atoms with Gasteiger partial charge in [-0.3, -0.25) is 4.79 Å². The Hall–Kier alpha value is -1.60. The molecule has 22 heavy (non-hydrogen) atoms. The highest BCUT2D eigenvalue weighted by molar-refractivity contribution is 9.10. The fourth-order valence-corrected chi connectivity index (χ4v) is 2.34. The van der Waals surface area contributed by atoms with Gasteiger partial charge in [0.1, 0.15) is 5.75 Å². The highest BCUT2D eigenvalue weighted by Crippen LogP contribution is 2.30. The third-order valence-corrected chi connectivity index (χ3v) is 3.59. The molecule has 0 saturated carbocycles. The Kier molecular flexibility index (Phi) is 5.79. The normalized spacial score (nSPS) is 12.0. The molecule has 8 heteroatoms. The minimum absolute atomic E-state index is 0.0781. The molecule has 1 aromatic carbocycles. The van der Waals surface area contributed by atoms with Crippen molar-refractivity contribution in [3.63, 3.8) is 0 Å². The molecule has 118 valence electrons. The van der Waals surface area contributed by atoms with Gasteiger partial charge in [-0.2, -0.15) is 4.98 Å². The van der Waals surface area contributed by atoms with Crippen LogP contribution in [0.2, 0.25) is 5.02 Å². The van der Waals surface area contributed by atoms with Crippen molar-refractivity contribution < 1.29 is 14.1 Å². The quantitative estimate of drug-likeness (QED) is 0.817. The van der Waals surface area contributed by atoms with Crippen LogP contribution in [0.15, 0.2) is 27.2 Å². The lowest BCUT2D eigenvalue weighted by molar-refractivity contribution is -0.121. The van der Waals surface area contributed by atoms with Gasteiger partial charge < -0.3 is 14.6 Å². The van der Waals surface area contributed by atoms with Gasteiger partial charge in [0.05, 0.1) is 11.6 Å². The van der Waals surface area contributed by atoms with Crippen molar-refractivity contribution in [1.82, 2.24) is 15.5 Å². The van der Waals surface area contributed by atoms with Gasteiger partial charge in [-0.25, -0.2) is 0 Å². The van der Waals surface area contributed by atoms with Crippen LogP contribution in [0.5, 0.6) is 5.75 Å². The number of amides is 1. The molecule has 0 saturated heterocycles. The highest BCUT2D eigenvalue weighted by Gasteiger charge is 2.17. The minimum atomic E-state index is -0.432. The van der Waals surface area contributed by atoms with Gasteiger partial charge in [0.2, 0.25) is 17.6 Å². The Bertz CT molecular complexity index is 663. The summed E-state index contributed by atoms with van der Waals surface area (Å²) in [6.07, 6.45) is -0.0270. The molecule has 6 nitrogen and oxygen atoms in total. The van der Waals surface area contributed by atoms with E-state index in [2.05, 4.69) is 31.4 Å². The van der Waals surface area contributed by atoms with Crippen LogP contribution < -0.4 is 10.1 Å². The number of carbonyl (C=O) groups is 1. The number of hydrogen-bond acceptors (Lipinski definition) is 5. The van der Waals surface area contributed by atoms with Crippen LogP contribution >= 0.6 is 27.5 Å². The minimum Gasteiger partial charge on any atom is -0.481 e. The molecule has 0 fully saturated rings. The molecule has 0 radical (unpaired) electrons. The summed E-state index contributed by atoms with van der Waals surface area (Å²) < 4.78 is 11.7. The molecule has 0 aliphatic carbocycles. The summed E-state index contributed by atoms with van der Waals surface area (Å²) in [7, 11) is 0. The van der Waals surface area contributed by atoms with E-state index in [0.29, 0.717) is 28.9 Å². The maximum absolute atomic E-state index is 11.2. The SMILES string of the molecule is CCC(=O)NCc1nc(C(C)Oc2ccc(Br)cc2Cl)no1. The van der Waals surface area contributed by atoms with E-state index in [1.54, 1.807) is 26.0 Å². The molecule has 1 amide bonds. The summed E-state index contributed by atoms with van der Waals surface area (Å²) in [5, 5.41) is 7.00. The Morgan fingerprint density at radius 2 is 2.32 bits per heavy atom. The molecule has 2 rings (SSSR count). The van der Waals surface area contributed by atoms with Gasteiger partial charge in [-0.1, -0.05) is 39.6 Å². The second-order valence-corrected chi connectivity index (χ2v) is 5.83. The molecule has 1 N–H and O–H groups in total. The molecule has 0 aliphatic heterocycles. The molecule has 2 aromatic rings. The lowest BCUT2D eigenvalue weighted by atomic mass is 10.3. The molecule has 0 aliphatic rings. The number of rotatable bonds is 6. The fourth-order valence-electron chi connectivity index (χ4n) is 1.62. The predicted molar refractivity (Wildman–Crippen MR) is 84.6 cm³/mol. The number of halogens is 2. The first-order valence-corrected chi connectivity index (χ1v) is 7.87. The second-order valence-electron chi connectivity index (χ2n) is 4.51. The fraction of sp³-hybridized carbons (Fsp3) is 0.357. The number of nitrogens with one attached hydrogen (secondary N) is 1. The van der Waals surface area contributed by atoms with Crippen molar-refractivity contribution in [1.29, 1.82) is 0 Å². The Morgan fingerprint density at radius 3 is 3.00 bits per heavy atom. The first-order chi connectivity index (χ1) is 10.5. The maximum atomic E-state index is 11.2. The van der Waals surface area contributed by atoms with Crippen molar-refractivity contribution in [2.45, 2.75) is 32.9 Å². The molecule has 1 heterocycles. The van der Waals surface area contributed by atoms with Gasteiger partial charge in [-0.15, -0.1) is 0 Å². The third-order valence-electron chi connectivity index (χ3n) is 2.80. The average Bonchev–Trinajstić information content (AvgIpc) is 2.96. The van der Waals surface area contributed by atoms with Gasteiger partial charge >= 0.3 is 0 Å². The molecular formula is C14H15BrClN3O3. The summed E-state index contributed by atoms with van der Waals surface area (Å²) >= 11 is 9.43. The van der Waals surface area contributed by atoms with Crippen LogP contribution in [-0.4, -0.2) is 16.0 Å². The Morgan fingerprint density at radius 1 is 1.55 bits per heavy atom. The lowest BCUT2D eigenvalue weighted by Crippen LogP contribution is -2.21. The Balaban J connectivity index is 1.99. The summed E-state index contributed by atoms with van der Waals surface area (Å²) in [4.78, 5) is 15.4. The van der Waals surface area contributed by atoms with E-state index in [1.807, 2.05) is 6.07 Å². The maximum Gasteiger partial charge on any atom is 0.246 e. The number of benzene rings is 1. The zero-order chi connectivity index (χ0) is 16.1. The van der Waals surface area contributed by atoms with E-state index < -0.39 is 6.10 Å². The molecule has 1 unspecified atom stereocenters. The van der Waals surface area contributed by atoms with Crippen LogP contribution in [0.1, 0.15) is 38.1 Å². The van der Waals surface area contributed by atoms with E-state index in [0.717, 1.165) is 4.47 Å². The van der Waals surface area contributed by atoms with E-state index in [1.165, 1.54) is 0 Å². The Labute approximate surface area is 141 Å². The summed E-state index contributed by atoms with van der Waals surface area (Å²) in [5.74, 6) is 1.17. The first kappa shape index (κ1) is 16.8. The monoisotopic (exact) mass is 387 g/mol. The highest BCUT2D eigenvalue weighted by atomic mass is 79.9. The van der Waals surface area contributed by atoms with Crippen LogP contribution in [0, 0.1) is 0 Å². The zero-order valence-electron chi connectivity index (χ0n) is 12.1. The van der Waals surface area contributed by atoms with Crippen molar-refractivity contribution in [2.24, 2.45) is 0 Å². The van der Waals surface area contributed by atoms with Gasteiger partial charge in [0.15, 0.2) is 6.10 Å². The van der Waals surface area contributed by atoms with E-state index in [9.17, 15) is 4.79 Å². The predicted octanol–water partition coefficient (Wildman–Crippen LogP) is 3.65. The molecule has 1 atom stereocenters. The summed E-state index contributed by atoms with van der Waals surface area (Å²) in [6.45, 7) is 3.76. The largest absolute Gasteiger partial charge is 0.481 e. The summed E-state index contributed by atoms with van der Waals surface area (Å²) in [5.41, 5.74) is 0. The van der Waals surface area contributed by atoms with Crippen LogP contribution in [0.25, 0.3) is 0 Å². The summed E-state index contributed by atoms with van der Waals surface area (Å²) in [6, 6.07) is 5.33. The van der Waals surface area contributed by atoms with Crippen molar-refractivity contribution in [3.8, 4) is 5.75 Å². The van der Waals surface area contributed by atoms with Crippen molar-refractivity contribution in [2.75, 3.05) is 0 Å². The standard InChI is InChI=1S/C14H15BrClN3O3/c1-3-12(20)17-7-13-18-14(19-22-13)8(2)21-11-5-4-9(15)6-10(11)16/h4-6,8H,3,7H2,1-2H3,(H,17,20). The number of aromatic nitrogens is 2. The van der Waals surface area contributed by atoms with Crippen LogP contribution in [0.3, 0.4) is 0 Å². The number of nitrogens with zero attached hydrogens (tertiary/aromatic N) is 2. The molecule has 0 bridgehead atoms. The van der Waals surface area contributed by atoms with Crippen molar-refractivity contribution in [3.05, 3.63) is 39.4 Å². The smallest absolute Gasteiger partial charge is 0.246 e. The van der Waals surface area contributed by atoms with E-state index in [-0.39, 0.29) is 12.5 Å². The first-order valence-electron chi connectivity index (χ1n) is 6.70. The lowest BCUT2D eigenvalue weighted by Gasteiger charge is -2.12. The molecular weight excluding hydrogens is 374 g/mol.